The number of hydrogen-bond donors (Lipinski definition) is 3. The number of rotatable bonds is 6. The van der Waals surface area contributed by atoms with Gasteiger partial charge in [-0.1, -0.05) is 20.3 Å². The molecule has 0 bridgehead atoms. The van der Waals surface area contributed by atoms with E-state index in [1.54, 1.807) is 0 Å². The first-order valence-corrected chi connectivity index (χ1v) is 8.34. The van der Waals surface area contributed by atoms with E-state index in [0.29, 0.717) is 25.9 Å². The van der Waals surface area contributed by atoms with Crippen LogP contribution in [-0.4, -0.2) is 27.7 Å². The van der Waals surface area contributed by atoms with Gasteiger partial charge < -0.3 is 11.1 Å². The Balaban J connectivity index is 3.42. The lowest BCUT2D eigenvalue weighted by molar-refractivity contribution is 0.237. The van der Waals surface area contributed by atoms with Crippen LogP contribution in [0.1, 0.15) is 53.9 Å². The fourth-order valence-corrected chi connectivity index (χ4v) is 2.30. The minimum Gasteiger partial charge on any atom is -0.383 e. The van der Waals surface area contributed by atoms with Gasteiger partial charge in [0.05, 0.1) is 0 Å². The highest BCUT2D eigenvalue weighted by atomic mass is 16.2. The number of aromatic nitrogens is 2. The molecule has 0 radical (unpaired) electrons. The smallest absolute Gasteiger partial charge is 0.330 e. The van der Waals surface area contributed by atoms with E-state index in [1.807, 2.05) is 34.6 Å². The third kappa shape index (κ3) is 4.87. The number of hydrogen-bond acceptors (Lipinski definition) is 4. The average molecular weight is 339 g/mol. The highest BCUT2D eigenvalue weighted by Gasteiger charge is 2.26. The molecule has 8 heteroatoms. The summed E-state index contributed by atoms with van der Waals surface area (Å²) < 4.78 is 1.29. The largest absolute Gasteiger partial charge is 0.383 e. The second-order valence-corrected chi connectivity index (χ2v) is 6.83. The maximum Gasteiger partial charge on any atom is 0.330 e. The lowest BCUT2D eigenvalue weighted by Gasteiger charge is -2.29. The Kier molecular flexibility index (Phi) is 6.62. The predicted octanol–water partition coefficient (Wildman–Crippen LogP) is 1.64. The molecule has 0 aliphatic carbocycles. The minimum atomic E-state index is -0.648. The van der Waals surface area contributed by atoms with Crippen LogP contribution in [0.2, 0.25) is 0 Å². The van der Waals surface area contributed by atoms with Crippen molar-refractivity contribution in [1.82, 2.24) is 14.9 Å². The maximum atomic E-state index is 12.6. The number of carbonyl (C=O) groups excluding carboxylic acids is 1. The fraction of sp³-hybridized carbons (Fsp3) is 0.688. The standard InChI is InChI=1S/C16H29N5O3/c1-6-8-10-20(15(24)19-16(3,4)5)11-12(17)21(9-7-2)14(23)18-13(11)22/h6-10,17H2,1-5H3,(H,19,24)(H,18,22,23). The van der Waals surface area contributed by atoms with Crippen molar-refractivity contribution in [2.45, 2.75) is 66.0 Å². The van der Waals surface area contributed by atoms with Gasteiger partial charge in [-0.25, -0.2) is 9.59 Å². The number of urea groups is 1. The highest BCUT2D eigenvalue weighted by Crippen LogP contribution is 2.18. The summed E-state index contributed by atoms with van der Waals surface area (Å²) in [6.07, 6.45) is 2.24. The lowest BCUT2D eigenvalue weighted by atomic mass is 10.1. The summed E-state index contributed by atoms with van der Waals surface area (Å²) in [5.74, 6) is 0.0192. The molecule has 0 aromatic carbocycles. The van der Waals surface area contributed by atoms with Crippen molar-refractivity contribution in [2.24, 2.45) is 0 Å². The van der Waals surface area contributed by atoms with Crippen molar-refractivity contribution in [3.8, 4) is 0 Å². The normalized spacial score (nSPS) is 11.4. The van der Waals surface area contributed by atoms with Gasteiger partial charge in [0.25, 0.3) is 5.56 Å². The first kappa shape index (κ1) is 19.8. The summed E-state index contributed by atoms with van der Waals surface area (Å²) in [4.78, 5) is 40.5. The number of H-pyrrole nitrogens is 1. The number of nitrogens with zero attached hydrogens (tertiary/aromatic N) is 2. The second kappa shape index (κ2) is 8.03. The van der Waals surface area contributed by atoms with Crippen LogP contribution < -0.4 is 27.2 Å². The molecule has 136 valence electrons. The van der Waals surface area contributed by atoms with Crippen LogP contribution in [0.4, 0.5) is 16.3 Å². The molecule has 8 nitrogen and oxygen atoms in total. The molecule has 24 heavy (non-hydrogen) atoms. The third-order valence-corrected chi connectivity index (χ3v) is 3.39. The zero-order valence-corrected chi connectivity index (χ0v) is 15.2. The predicted molar refractivity (Wildman–Crippen MR) is 96.6 cm³/mol. The van der Waals surface area contributed by atoms with Crippen LogP contribution >= 0.6 is 0 Å². The van der Waals surface area contributed by atoms with E-state index < -0.39 is 22.8 Å². The topological polar surface area (TPSA) is 113 Å². The Labute approximate surface area is 142 Å². The molecular formula is C16H29N5O3. The van der Waals surface area contributed by atoms with Crippen molar-refractivity contribution >= 4 is 17.5 Å². The number of nitrogens with one attached hydrogen (secondary N) is 2. The summed E-state index contributed by atoms with van der Waals surface area (Å²) in [6.45, 7) is 10.2. The van der Waals surface area contributed by atoms with Gasteiger partial charge in [-0.15, -0.1) is 0 Å². The first-order chi connectivity index (χ1) is 11.1. The molecule has 0 aliphatic heterocycles. The zero-order chi connectivity index (χ0) is 18.5. The van der Waals surface area contributed by atoms with Gasteiger partial charge in [0.15, 0.2) is 5.69 Å². The zero-order valence-electron chi connectivity index (χ0n) is 15.2. The monoisotopic (exact) mass is 339 g/mol. The summed E-state index contributed by atoms with van der Waals surface area (Å²) in [6, 6.07) is -0.408. The van der Waals surface area contributed by atoms with Crippen molar-refractivity contribution < 1.29 is 4.79 Å². The highest BCUT2D eigenvalue weighted by molar-refractivity contribution is 5.94. The molecule has 1 rings (SSSR count). The number of unbranched alkanes of at least 4 members (excludes halogenated alkanes) is 1. The Bertz CT molecular complexity index is 684. The van der Waals surface area contributed by atoms with E-state index in [1.165, 1.54) is 9.47 Å². The van der Waals surface area contributed by atoms with E-state index in [9.17, 15) is 14.4 Å². The molecule has 2 amide bonds. The number of nitrogen functional groups attached to an aromatic ring is 1. The van der Waals surface area contributed by atoms with Crippen LogP contribution in [0.15, 0.2) is 9.59 Å². The number of anilines is 2. The quantitative estimate of drug-likeness (QED) is 0.731. The molecular weight excluding hydrogens is 310 g/mol. The SMILES string of the molecule is CCCCN(C(=O)NC(C)(C)C)c1c(N)n(CCC)c(=O)[nH]c1=O. The van der Waals surface area contributed by atoms with Crippen LogP contribution in [0, 0.1) is 0 Å². The van der Waals surface area contributed by atoms with Crippen molar-refractivity contribution in [1.29, 1.82) is 0 Å². The van der Waals surface area contributed by atoms with Crippen LogP contribution in [0.3, 0.4) is 0 Å². The van der Waals surface area contributed by atoms with E-state index in [0.717, 1.165) is 6.42 Å². The van der Waals surface area contributed by atoms with Gasteiger partial charge in [0.1, 0.15) is 5.82 Å². The third-order valence-electron chi connectivity index (χ3n) is 3.39. The number of carbonyl (C=O) groups is 1. The molecule has 0 spiro atoms. The van der Waals surface area contributed by atoms with Gasteiger partial charge in [-0.3, -0.25) is 19.2 Å². The van der Waals surface area contributed by atoms with Crippen molar-refractivity contribution in [3.05, 3.63) is 20.8 Å². The Morgan fingerprint density at radius 3 is 2.38 bits per heavy atom. The maximum absolute atomic E-state index is 12.6. The van der Waals surface area contributed by atoms with Gasteiger partial charge in [0, 0.05) is 18.6 Å². The Morgan fingerprint density at radius 2 is 1.88 bits per heavy atom. The Morgan fingerprint density at radius 1 is 1.25 bits per heavy atom. The number of nitrogens with two attached hydrogens (primary N) is 1. The molecule has 0 aliphatic rings. The summed E-state index contributed by atoms with van der Waals surface area (Å²) in [5, 5.41) is 2.84. The molecule has 1 aromatic rings. The van der Waals surface area contributed by atoms with E-state index in [-0.39, 0.29) is 11.5 Å². The van der Waals surface area contributed by atoms with Crippen LogP contribution in [-0.2, 0) is 6.54 Å². The Hall–Kier alpha value is -2.25. The summed E-state index contributed by atoms with van der Waals surface area (Å²) in [5.41, 5.74) is 4.43. The lowest BCUT2D eigenvalue weighted by Crippen LogP contribution is -2.51. The molecule has 0 fully saturated rings. The molecule has 1 heterocycles. The fourth-order valence-electron chi connectivity index (χ4n) is 2.30. The second-order valence-electron chi connectivity index (χ2n) is 6.83. The van der Waals surface area contributed by atoms with E-state index in [2.05, 4.69) is 10.3 Å². The van der Waals surface area contributed by atoms with Crippen LogP contribution in [0.5, 0.6) is 0 Å². The van der Waals surface area contributed by atoms with Gasteiger partial charge in [-0.2, -0.15) is 0 Å². The van der Waals surface area contributed by atoms with E-state index in [4.69, 9.17) is 5.73 Å². The summed E-state index contributed by atoms with van der Waals surface area (Å²) in [7, 11) is 0. The van der Waals surface area contributed by atoms with Gasteiger partial charge in [0.2, 0.25) is 0 Å². The molecule has 0 saturated carbocycles. The van der Waals surface area contributed by atoms with Gasteiger partial charge >= 0.3 is 11.7 Å². The molecule has 0 atom stereocenters. The number of amides is 2. The molecule has 0 unspecified atom stereocenters. The molecule has 1 aromatic heterocycles. The molecule has 0 saturated heterocycles. The summed E-state index contributed by atoms with van der Waals surface area (Å²) >= 11 is 0. The minimum absolute atomic E-state index is 0.0192. The van der Waals surface area contributed by atoms with Crippen molar-refractivity contribution in [2.75, 3.05) is 17.2 Å². The van der Waals surface area contributed by atoms with Crippen molar-refractivity contribution in [3.63, 3.8) is 0 Å². The number of aromatic amines is 1. The molecule has 4 N–H and O–H groups in total. The average Bonchev–Trinajstić information content (AvgIpc) is 2.44. The first-order valence-electron chi connectivity index (χ1n) is 8.34. The van der Waals surface area contributed by atoms with Crippen LogP contribution in [0.25, 0.3) is 0 Å². The van der Waals surface area contributed by atoms with E-state index >= 15 is 0 Å². The van der Waals surface area contributed by atoms with Gasteiger partial charge in [-0.05, 0) is 33.6 Å².